The van der Waals surface area contributed by atoms with Crippen molar-refractivity contribution in [1.29, 1.82) is 0 Å². The first kappa shape index (κ1) is 15.7. The van der Waals surface area contributed by atoms with Gasteiger partial charge in [0.2, 0.25) is 0 Å². The Morgan fingerprint density at radius 2 is 2.19 bits per heavy atom. The summed E-state index contributed by atoms with van der Waals surface area (Å²) in [6, 6.07) is 4.68. The van der Waals surface area contributed by atoms with Crippen LogP contribution in [0.3, 0.4) is 0 Å². The minimum Gasteiger partial charge on any atom is -0.490 e. The fourth-order valence-electron chi connectivity index (χ4n) is 2.78. The molecule has 0 saturated carbocycles. The van der Waals surface area contributed by atoms with Crippen LogP contribution in [0.25, 0.3) is 0 Å². The summed E-state index contributed by atoms with van der Waals surface area (Å²) in [6.45, 7) is 0.242. The van der Waals surface area contributed by atoms with Crippen molar-refractivity contribution in [3.63, 3.8) is 0 Å². The highest BCUT2D eigenvalue weighted by Crippen LogP contribution is 2.37. The second kappa shape index (κ2) is 5.61. The Labute approximate surface area is 123 Å². The average Bonchev–Trinajstić information content (AvgIpc) is 2.74. The Balaban J connectivity index is 2.31. The second-order valence-electron chi connectivity index (χ2n) is 5.49. The van der Waals surface area contributed by atoms with Gasteiger partial charge in [-0.25, -0.2) is 8.42 Å². The molecule has 1 saturated heterocycles. The summed E-state index contributed by atoms with van der Waals surface area (Å²) in [6.07, 6.45) is 0.902. The number of benzene rings is 1. The van der Waals surface area contributed by atoms with E-state index in [1.165, 1.54) is 19.2 Å². The van der Waals surface area contributed by atoms with Crippen LogP contribution in [-0.4, -0.2) is 38.5 Å². The third-order valence-electron chi connectivity index (χ3n) is 3.92. The number of rotatable bonds is 5. The van der Waals surface area contributed by atoms with E-state index in [0.29, 0.717) is 18.4 Å². The number of hydrogen-bond acceptors (Lipinski definition) is 6. The average molecular weight is 314 g/mol. The van der Waals surface area contributed by atoms with Gasteiger partial charge >= 0.3 is 5.69 Å². The highest BCUT2D eigenvalue weighted by Gasteiger charge is 2.41. The third kappa shape index (κ3) is 3.33. The standard InChI is InChI=1S/C13H18N2O5S/c1-20-12-3-2-10(6-11(12)15(16)17)7-13(8-14)4-5-21(18,19)9-13/h2-3,6H,4-5,7-9,14H2,1H3. The molecule has 0 spiro atoms. The van der Waals surface area contributed by atoms with Crippen LogP contribution in [0, 0.1) is 15.5 Å². The van der Waals surface area contributed by atoms with Crippen molar-refractivity contribution in [2.24, 2.45) is 11.1 Å². The van der Waals surface area contributed by atoms with Crippen LogP contribution in [0.15, 0.2) is 18.2 Å². The van der Waals surface area contributed by atoms with Crippen LogP contribution >= 0.6 is 0 Å². The highest BCUT2D eigenvalue weighted by molar-refractivity contribution is 7.91. The van der Waals surface area contributed by atoms with Crippen LogP contribution in [-0.2, 0) is 16.3 Å². The second-order valence-corrected chi connectivity index (χ2v) is 7.67. The van der Waals surface area contributed by atoms with E-state index in [2.05, 4.69) is 0 Å². The molecule has 1 atom stereocenters. The Bertz CT molecular complexity index is 659. The van der Waals surface area contributed by atoms with Crippen LogP contribution < -0.4 is 10.5 Å². The molecular weight excluding hydrogens is 296 g/mol. The smallest absolute Gasteiger partial charge is 0.311 e. The maximum atomic E-state index is 11.7. The number of nitrogens with two attached hydrogens (primary N) is 1. The van der Waals surface area contributed by atoms with E-state index < -0.39 is 20.2 Å². The molecule has 2 N–H and O–H groups in total. The van der Waals surface area contributed by atoms with Crippen LogP contribution in [0.2, 0.25) is 0 Å². The monoisotopic (exact) mass is 314 g/mol. The van der Waals surface area contributed by atoms with Crippen LogP contribution in [0.4, 0.5) is 5.69 Å². The predicted molar refractivity (Wildman–Crippen MR) is 78.1 cm³/mol. The number of nitro benzene ring substituents is 1. The van der Waals surface area contributed by atoms with Crippen LogP contribution in [0.5, 0.6) is 5.75 Å². The van der Waals surface area contributed by atoms with Gasteiger partial charge in [-0.3, -0.25) is 10.1 Å². The molecule has 0 aliphatic carbocycles. The Kier molecular flexibility index (Phi) is 4.20. The number of methoxy groups -OCH3 is 1. The predicted octanol–water partition coefficient (Wildman–Crippen LogP) is 0.910. The lowest BCUT2D eigenvalue weighted by Crippen LogP contribution is -2.34. The molecule has 8 heteroatoms. The summed E-state index contributed by atoms with van der Waals surface area (Å²) < 4.78 is 28.3. The summed E-state index contributed by atoms with van der Waals surface area (Å²) in [5.41, 5.74) is 5.82. The van der Waals surface area contributed by atoms with E-state index >= 15 is 0 Å². The molecule has 1 fully saturated rings. The van der Waals surface area contributed by atoms with Crippen molar-refractivity contribution in [3.05, 3.63) is 33.9 Å². The summed E-state index contributed by atoms with van der Waals surface area (Å²) in [5, 5.41) is 11.0. The van der Waals surface area contributed by atoms with Crippen LogP contribution in [0.1, 0.15) is 12.0 Å². The van der Waals surface area contributed by atoms with Gasteiger partial charge in [-0.15, -0.1) is 0 Å². The van der Waals surface area contributed by atoms with Gasteiger partial charge in [-0.1, -0.05) is 6.07 Å². The summed E-state index contributed by atoms with van der Waals surface area (Å²) in [4.78, 5) is 10.5. The molecule has 1 heterocycles. The third-order valence-corrected chi connectivity index (χ3v) is 5.80. The number of nitrogens with zero attached hydrogens (tertiary/aromatic N) is 1. The van der Waals surface area contributed by atoms with Gasteiger partial charge in [0.15, 0.2) is 15.6 Å². The van der Waals surface area contributed by atoms with Gasteiger partial charge < -0.3 is 10.5 Å². The van der Waals surface area contributed by atoms with E-state index in [1.54, 1.807) is 6.07 Å². The highest BCUT2D eigenvalue weighted by atomic mass is 32.2. The molecule has 1 unspecified atom stereocenters. The molecule has 1 aliphatic rings. The summed E-state index contributed by atoms with van der Waals surface area (Å²) in [5.74, 6) is 0.350. The maximum Gasteiger partial charge on any atom is 0.311 e. The SMILES string of the molecule is COc1ccc(CC2(CN)CCS(=O)(=O)C2)cc1[N+](=O)[O-]. The Morgan fingerprint density at radius 3 is 2.67 bits per heavy atom. The van der Waals surface area contributed by atoms with Crippen molar-refractivity contribution < 1.29 is 18.1 Å². The summed E-state index contributed by atoms with van der Waals surface area (Å²) >= 11 is 0. The number of hydrogen-bond donors (Lipinski definition) is 1. The lowest BCUT2D eigenvalue weighted by molar-refractivity contribution is -0.385. The van der Waals surface area contributed by atoms with E-state index in [9.17, 15) is 18.5 Å². The lowest BCUT2D eigenvalue weighted by Gasteiger charge is -2.25. The fourth-order valence-corrected chi connectivity index (χ4v) is 4.96. The minimum absolute atomic E-state index is 0.0380. The molecule has 0 amide bonds. The van der Waals surface area contributed by atoms with Gasteiger partial charge in [-0.05, 0) is 31.0 Å². The van der Waals surface area contributed by atoms with Crippen molar-refractivity contribution >= 4 is 15.5 Å². The molecule has 116 valence electrons. The zero-order valence-electron chi connectivity index (χ0n) is 11.7. The normalized spacial score (nSPS) is 23.9. The van der Waals surface area contributed by atoms with Crippen molar-refractivity contribution in [2.75, 3.05) is 25.2 Å². The Morgan fingerprint density at radius 1 is 1.48 bits per heavy atom. The molecule has 0 radical (unpaired) electrons. The van der Waals surface area contributed by atoms with Gasteiger partial charge in [0.25, 0.3) is 0 Å². The maximum absolute atomic E-state index is 11.7. The largest absolute Gasteiger partial charge is 0.490 e. The van der Waals surface area contributed by atoms with E-state index in [-0.39, 0.29) is 29.5 Å². The molecule has 7 nitrogen and oxygen atoms in total. The zero-order chi connectivity index (χ0) is 15.7. The number of nitro groups is 1. The number of ether oxygens (including phenoxy) is 1. The van der Waals surface area contributed by atoms with Crippen molar-refractivity contribution in [3.8, 4) is 5.75 Å². The van der Waals surface area contributed by atoms with Gasteiger partial charge in [0.1, 0.15) is 0 Å². The molecule has 21 heavy (non-hydrogen) atoms. The molecular formula is C13H18N2O5S. The van der Waals surface area contributed by atoms with E-state index in [1.807, 2.05) is 0 Å². The van der Waals surface area contributed by atoms with Gasteiger partial charge in [0, 0.05) is 11.5 Å². The van der Waals surface area contributed by atoms with Gasteiger partial charge in [-0.2, -0.15) is 0 Å². The lowest BCUT2D eigenvalue weighted by atomic mass is 9.81. The first-order chi connectivity index (χ1) is 9.81. The molecule has 1 aromatic carbocycles. The topological polar surface area (TPSA) is 113 Å². The van der Waals surface area contributed by atoms with Crippen molar-refractivity contribution in [2.45, 2.75) is 12.8 Å². The van der Waals surface area contributed by atoms with Crippen molar-refractivity contribution in [1.82, 2.24) is 0 Å². The fraction of sp³-hybridized carbons (Fsp3) is 0.538. The molecule has 0 aromatic heterocycles. The van der Waals surface area contributed by atoms with E-state index in [4.69, 9.17) is 10.5 Å². The molecule has 0 bridgehead atoms. The molecule has 1 aromatic rings. The minimum atomic E-state index is -3.06. The summed E-state index contributed by atoms with van der Waals surface area (Å²) in [7, 11) is -1.70. The zero-order valence-corrected chi connectivity index (χ0v) is 12.6. The molecule has 2 rings (SSSR count). The van der Waals surface area contributed by atoms with Gasteiger partial charge in [0.05, 0.1) is 23.5 Å². The molecule has 1 aliphatic heterocycles. The quantitative estimate of drug-likeness (QED) is 0.638. The first-order valence-corrected chi connectivity index (χ1v) is 8.35. The Hall–Kier alpha value is -1.67. The number of sulfone groups is 1. The first-order valence-electron chi connectivity index (χ1n) is 6.53. The van der Waals surface area contributed by atoms with E-state index in [0.717, 1.165) is 0 Å².